The number of benzene rings is 2. The lowest BCUT2D eigenvalue weighted by Gasteiger charge is -2.02. The lowest BCUT2D eigenvalue weighted by molar-refractivity contribution is 1.42. The molecule has 0 spiro atoms. The van der Waals surface area contributed by atoms with Gasteiger partial charge in [-0.3, -0.25) is 0 Å². The highest BCUT2D eigenvalue weighted by molar-refractivity contribution is 9.10. The number of nitrogens with zero attached hydrogens (tertiary/aromatic N) is 2. The Hall–Kier alpha value is -2.36. The highest BCUT2D eigenvalue weighted by Crippen LogP contribution is 2.22. The molecule has 0 saturated carbocycles. The number of halogens is 1. The van der Waals surface area contributed by atoms with Crippen LogP contribution in [0.4, 0.5) is 0 Å². The second kappa shape index (κ2) is 6.19. The minimum atomic E-state index is 0.574. The van der Waals surface area contributed by atoms with E-state index in [0.717, 1.165) is 21.2 Å². The van der Waals surface area contributed by atoms with Gasteiger partial charge in [-0.05, 0) is 47.9 Å². The van der Waals surface area contributed by atoms with Crippen molar-refractivity contribution in [1.29, 1.82) is 10.5 Å². The Bertz CT molecular complexity index is 744. The average Bonchev–Trinajstić information content (AvgIpc) is 2.48. The van der Waals surface area contributed by atoms with Gasteiger partial charge in [0.1, 0.15) is 0 Å². The van der Waals surface area contributed by atoms with Crippen molar-refractivity contribution >= 4 is 27.6 Å². The first-order valence-corrected chi connectivity index (χ1v) is 6.82. The molecule has 0 saturated heterocycles. The molecule has 3 heteroatoms. The summed E-state index contributed by atoms with van der Waals surface area (Å²) in [6.45, 7) is 2.02. The topological polar surface area (TPSA) is 47.6 Å². The van der Waals surface area contributed by atoms with E-state index in [1.165, 1.54) is 0 Å². The zero-order valence-corrected chi connectivity index (χ0v) is 12.5. The summed E-state index contributed by atoms with van der Waals surface area (Å²) >= 11 is 3.48. The van der Waals surface area contributed by atoms with Gasteiger partial charge in [-0.15, -0.1) is 0 Å². The number of hydrogen-bond donors (Lipinski definition) is 0. The molecule has 0 aliphatic carbocycles. The van der Waals surface area contributed by atoms with Gasteiger partial charge in [-0.2, -0.15) is 10.5 Å². The molecule has 0 aliphatic rings. The lowest BCUT2D eigenvalue weighted by Crippen LogP contribution is -1.84. The minimum absolute atomic E-state index is 0.574. The number of allylic oxidation sites excluding steroid dienone is 1. The van der Waals surface area contributed by atoms with Gasteiger partial charge >= 0.3 is 0 Å². The van der Waals surface area contributed by atoms with Gasteiger partial charge in [0.25, 0.3) is 0 Å². The van der Waals surface area contributed by atoms with Gasteiger partial charge in [-0.25, -0.2) is 0 Å². The zero-order chi connectivity index (χ0) is 14.5. The Morgan fingerprint density at radius 1 is 1.10 bits per heavy atom. The van der Waals surface area contributed by atoms with Gasteiger partial charge in [0.2, 0.25) is 0 Å². The molecule has 0 aromatic heterocycles. The van der Waals surface area contributed by atoms with Gasteiger partial charge in [0.05, 0.1) is 23.3 Å². The third-order valence-corrected chi connectivity index (χ3v) is 3.81. The van der Waals surface area contributed by atoms with E-state index in [2.05, 4.69) is 28.1 Å². The molecule has 0 fully saturated rings. The van der Waals surface area contributed by atoms with E-state index < -0.39 is 0 Å². The zero-order valence-electron chi connectivity index (χ0n) is 10.9. The van der Waals surface area contributed by atoms with E-state index in [0.29, 0.717) is 11.1 Å². The molecule has 0 radical (unpaired) electrons. The smallest absolute Gasteiger partial charge is 0.0998 e. The van der Waals surface area contributed by atoms with Crippen LogP contribution in [0.5, 0.6) is 0 Å². The second-order valence-electron chi connectivity index (χ2n) is 4.37. The summed E-state index contributed by atoms with van der Waals surface area (Å²) in [6.07, 6.45) is 1.84. The van der Waals surface area contributed by atoms with Crippen molar-refractivity contribution in [3.63, 3.8) is 0 Å². The van der Waals surface area contributed by atoms with Crippen LogP contribution in [0, 0.1) is 29.6 Å². The van der Waals surface area contributed by atoms with Gasteiger partial charge in [0, 0.05) is 4.47 Å². The average molecular weight is 323 g/mol. The van der Waals surface area contributed by atoms with E-state index >= 15 is 0 Å². The van der Waals surface area contributed by atoms with Crippen LogP contribution in [0.1, 0.15) is 22.3 Å². The van der Waals surface area contributed by atoms with Crippen LogP contribution in [0.15, 0.2) is 46.9 Å². The molecule has 0 atom stereocenters. The van der Waals surface area contributed by atoms with Crippen LogP contribution >= 0.6 is 15.9 Å². The van der Waals surface area contributed by atoms with Crippen LogP contribution in [0.2, 0.25) is 0 Å². The number of nitriles is 2. The van der Waals surface area contributed by atoms with Crippen molar-refractivity contribution in [2.24, 2.45) is 0 Å². The van der Waals surface area contributed by atoms with Crippen LogP contribution in [-0.4, -0.2) is 0 Å². The fourth-order valence-electron chi connectivity index (χ4n) is 1.77. The number of hydrogen-bond acceptors (Lipinski definition) is 2. The third kappa shape index (κ3) is 3.15. The van der Waals surface area contributed by atoms with Gasteiger partial charge in [-0.1, -0.05) is 40.2 Å². The van der Waals surface area contributed by atoms with E-state index in [4.69, 9.17) is 5.26 Å². The summed E-state index contributed by atoms with van der Waals surface area (Å²) in [6, 6.07) is 17.2. The molecule has 2 aromatic carbocycles. The quantitative estimate of drug-likeness (QED) is 0.594. The van der Waals surface area contributed by atoms with E-state index in [1.807, 2.05) is 31.2 Å². The molecule has 2 aromatic rings. The first-order chi connectivity index (χ1) is 9.63. The largest absolute Gasteiger partial charge is 0.192 e. The Morgan fingerprint density at radius 2 is 1.80 bits per heavy atom. The van der Waals surface area contributed by atoms with Crippen LogP contribution in [0.25, 0.3) is 11.6 Å². The maximum absolute atomic E-state index is 9.30. The molecular formula is C17H11BrN2. The van der Waals surface area contributed by atoms with Crippen molar-refractivity contribution in [3.05, 3.63) is 69.2 Å². The van der Waals surface area contributed by atoms with Crippen LogP contribution in [-0.2, 0) is 0 Å². The molecule has 0 bridgehead atoms. The highest BCUT2D eigenvalue weighted by atomic mass is 79.9. The summed E-state index contributed by atoms with van der Waals surface area (Å²) < 4.78 is 1.02. The maximum atomic E-state index is 9.30. The normalized spacial score (nSPS) is 10.7. The van der Waals surface area contributed by atoms with Crippen molar-refractivity contribution < 1.29 is 0 Å². The SMILES string of the molecule is Cc1ccc(/C=C(/C#N)c2ccc(C#N)cc2)cc1Br. The fraction of sp³-hybridized carbons (Fsp3) is 0.0588. The molecule has 0 N–H and O–H groups in total. The van der Waals surface area contributed by atoms with Crippen molar-refractivity contribution in [1.82, 2.24) is 0 Å². The maximum Gasteiger partial charge on any atom is 0.0998 e. The Kier molecular flexibility index (Phi) is 4.35. The molecule has 0 unspecified atom stereocenters. The number of aryl methyl sites for hydroxylation is 1. The van der Waals surface area contributed by atoms with E-state index in [1.54, 1.807) is 24.3 Å². The summed E-state index contributed by atoms with van der Waals surface area (Å²) in [5.74, 6) is 0. The molecule has 2 rings (SSSR count). The third-order valence-electron chi connectivity index (χ3n) is 2.95. The Balaban J connectivity index is 2.40. The molecule has 2 nitrogen and oxygen atoms in total. The molecule has 0 aliphatic heterocycles. The fourth-order valence-corrected chi connectivity index (χ4v) is 2.17. The predicted molar refractivity (Wildman–Crippen MR) is 83.5 cm³/mol. The molecule has 0 heterocycles. The minimum Gasteiger partial charge on any atom is -0.192 e. The lowest BCUT2D eigenvalue weighted by atomic mass is 10.0. The highest BCUT2D eigenvalue weighted by Gasteiger charge is 2.02. The van der Waals surface area contributed by atoms with Crippen molar-refractivity contribution in [2.75, 3.05) is 0 Å². The van der Waals surface area contributed by atoms with Gasteiger partial charge in [0.15, 0.2) is 0 Å². The monoisotopic (exact) mass is 322 g/mol. The van der Waals surface area contributed by atoms with Crippen molar-refractivity contribution in [3.8, 4) is 12.1 Å². The summed E-state index contributed by atoms with van der Waals surface area (Å²) in [4.78, 5) is 0. The molecule has 20 heavy (non-hydrogen) atoms. The first-order valence-electron chi connectivity index (χ1n) is 6.02. The molecular weight excluding hydrogens is 312 g/mol. The molecule has 0 amide bonds. The first kappa shape index (κ1) is 14.1. The summed E-state index contributed by atoms with van der Waals surface area (Å²) in [7, 11) is 0. The van der Waals surface area contributed by atoms with Crippen LogP contribution in [0.3, 0.4) is 0 Å². The van der Waals surface area contributed by atoms with Gasteiger partial charge < -0.3 is 0 Å². The van der Waals surface area contributed by atoms with E-state index in [9.17, 15) is 5.26 Å². The predicted octanol–water partition coefficient (Wildman–Crippen LogP) is 4.69. The molecule has 96 valence electrons. The Morgan fingerprint density at radius 3 is 2.35 bits per heavy atom. The second-order valence-corrected chi connectivity index (χ2v) is 5.22. The summed E-state index contributed by atoms with van der Waals surface area (Å²) in [5.41, 5.74) is 4.08. The summed E-state index contributed by atoms with van der Waals surface area (Å²) in [5, 5.41) is 18.1. The Labute approximate surface area is 126 Å². The van der Waals surface area contributed by atoms with Crippen molar-refractivity contribution in [2.45, 2.75) is 6.92 Å². The van der Waals surface area contributed by atoms with E-state index in [-0.39, 0.29) is 0 Å². The standard InChI is InChI=1S/C17H11BrN2/c1-12-2-3-14(9-17(12)18)8-16(11-20)15-6-4-13(10-19)5-7-15/h2-9H,1H3/b16-8-. The number of rotatable bonds is 2. The van der Waals surface area contributed by atoms with Crippen LogP contribution < -0.4 is 0 Å².